The van der Waals surface area contributed by atoms with Crippen LogP contribution in [-0.2, 0) is 6.42 Å². The van der Waals surface area contributed by atoms with Gasteiger partial charge in [0.1, 0.15) is 11.6 Å². The van der Waals surface area contributed by atoms with Gasteiger partial charge >= 0.3 is 6.09 Å². The number of H-pyrrole nitrogens is 1. The van der Waals surface area contributed by atoms with Crippen molar-refractivity contribution in [2.24, 2.45) is 0 Å². The lowest BCUT2D eigenvalue weighted by Crippen LogP contribution is -2.49. The van der Waals surface area contributed by atoms with Crippen molar-refractivity contribution >= 4 is 18.7 Å². The number of thiol groups is 1. The van der Waals surface area contributed by atoms with Gasteiger partial charge in [-0.25, -0.2) is 9.78 Å². The summed E-state index contributed by atoms with van der Waals surface area (Å²) in [5, 5.41) is -0.149. The first kappa shape index (κ1) is 22.4. The number of amides is 1. The van der Waals surface area contributed by atoms with Crippen LogP contribution in [0, 0.1) is 6.92 Å². The van der Waals surface area contributed by atoms with Crippen molar-refractivity contribution in [3.05, 3.63) is 77.6 Å². The Morgan fingerprint density at radius 1 is 1.12 bits per heavy atom. The summed E-state index contributed by atoms with van der Waals surface area (Å²) in [7, 11) is 0. The van der Waals surface area contributed by atoms with Gasteiger partial charge in [-0.3, -0.25) is 9.88 Å². The van der Waals surface area contributed by atoms with Gasteiger partial charge in [-0.2, -0.15) is 12.6 Å². The lowest BCUT2D eigenvalue weighted by molar-refractivity contribution is 0.110. The Morgan fingerprint density at radius 2 is 1.91 bits per heavy atom. The Labute approximate surface area is 194 Å². The van der Waals surface area contributed by atoms with Crippen molar-refractivity contribution < 1.29 is 9.53 Å². The number of carbonyl (C=O) groups is 1. The minimum absolute atomic E-state index is 0.149. The molecule has 1 aliphatic heterocycles. The molecule has 1 aromatic carbocycles. The molecule has 168 valence electrons. The van der Waals surface area contributed by atoms with E-state index in [2.05, 4.69) is 51.5 Å². The standard InChI is InChI=1S/C24H29N5O2S/c1-18-4-7-20(27-17-18)3-2-12-28-13-15-29(16-14-28)24(30)31-21-8-5-19(6-9-21)22(32)23-25-10-11-26-23/h4-11,17,22,32H,2-3,12-16H2,1H3,(H,25,26). The highest BCUT2D eigenvalue weighted by Crippen LogP contribution is 2.27. The van der Waals surface area contributed by atoms with E-state index in [-0.39, 0.29) is 11.3 Å². The summed E-state index contributed by atoms with van der Waals surface area (Å²) in [6.45, 7) is 6.14. The molecule has 0 aliphatic carbocycles. The van der Waals surface area contributed by atoms with Crippen molar-refractivity contribution in [1.82, 2.24) is 24.8 Å². The summed E-state index contributed by atoms with van der Waals surface area (Å²) in [4.78, 5) is 28.5. The summed E-state index contributed by atoms with van der Waals surface area (Å²) in [5.41, 5.74) is 3.31. The normalized spacial score (nSPS) is 15.5. The van der Waals surface area contributed by atoms with E-state index < -0.39 is 0 Å². The largest absolute Gasteiger partial charge is 0.415 e. The number of nitrogens with zero attached hydrogens (tertiary/aromatic N) is 4. The Balaban J connectivity index is 1.19. The molecule has 1 amide bonds. The average Bonchev–Trinajstić information content (AvgIpc) is 3.36. The molecule has 3 aromatic rings. The van der Waals surface area contributed by atoms with Crippen molar-refractivity contribution in [2.75, 3.05) is 32.7 Å². The number of benzene rings is 1. The van der Waals surface area contributed by atoms with Crippen LogP contribution in [0.1, 0.15) is 34.3 Å². The number of rotatable bonds is 7. The molecule has 4 rings (SSSR count). The molecule has 0 spiro atoms. The molecule has 3 heterocycles. The fourth-order valence-electron chi connectivity index (χ4n) is 3.75. The van der Waals surface area contributed by atoms with Crippen molar-refractivity contribution in [3.63, 3.8) is 0 Å². The van der Waals surface area contributed by atoms with E-state index >= 15 is 0 Å². The van der Waals surface area contributed by atoms with Gasteiger partial charge in [-0.1, -0.05) is 18.2 Å². The quantitative estimate of drug-likeness (QED) is 0.533. The summed E-state index contributed by atoms with van der Waals surface area (Å²) >= 11 is 4.60. The second-order valence-corrected chi connectivity index (χ2v) is 8.59. The first-order valence-corrected chi connectivity index (χ1v) is 11.5. The monoisotopic (exact) mass is 451 g/mol. The zero-order valence-corrected chi connectivity index (χ0v) is 19.2. The predicted molar refractivity (Wildman–Crippen MR) is 127 cm³/mol. The minimum atomic E-state index is -0.297. The van der Waals surface area contributed by atoms with Gasteiger partial charge in [0.2, 0.25) is 0 Å². The Kier molecular flexibility index (Phi) is 7.44. The van der Waals surface area contributed by atoms with E-state index in [1.54, 1.807) is 29.4 Å². The molecule has 1 atom stereocenters. The van der Waals surface area contributed by atoms with Gasteiger partial charge in [-0.15, -0.1) is 0 Å². The molecule has 2 aromatic heterocycles. The van der Waals surface area contributed by atoms with E-state index in [4.69, 9.17) is 4.74 Å². The number of carbonyl (C=O) groups excluding carboxylic acids is 1. The predicted octanol–water partition coefficient (Wildman–Crippen LogP) is 3.88. The number of nitrogens with one attached hydrogen (secondary N) is 1. The number of ether oxygens (including phenoxy) is 1. The maximum absolute atomic E-state index is 12.6. The maximum Gasteiger partial charge on any atom is 0.415 e. The third-order valence-electron chi connectivity index (χ3n) is 5.69. The van der Waals surface area contributed by atoms with Crippen molar-refractivity contribution in [2.45, 2.75) is 25.0 Å². The molecule has 0 saturated carbocycles. The van der Waals surface area contributed by atoms with Gasteiger partial charge < -0.3 is 14.6 Å². The van der Waals surface area contributed by atoms with E-state index in [9.17, 15) is 4.79 Å². The van der Waals surface area contributed by atoms with Crippen LogP contribution in [0.3, 0.4) is 0 Å². The fraction of sp³-hybridized carbons (Fsp3) is 0.375. The first-order valence-electron chi connectivity index (χ1n) is 11.0. The number of aromatic amines is 1. The lowest BCUT2D eigenvalue weighted by Gasteiger charge is -2.34. The van der Waals surface area contributed by atoms with Gasteiger partial charge in [0.25, 0.3) is 0 Å². The van der Waals surface area contributed by atoms with Crippen LogP contribution < -0.4 is 4.74 Å². The third-order valence-corrected chi connectivity index (χ3v) is 6.23. The molecule has 1 aliphatic rings. The van der Waals surface area contributed by atoms with Crippen LogP contribution in [-0.4, -0.2) is 63.6 Å². The van der Waals surface area contributed by atoms with E-state index in [0.717, 1.165) is 49.6 Å². The van der Waals surface area contributed by atoms with E-state index in [0.29, 0.717) is 18.8 Å². The Hall–Kier alpha value is -2.84. The van der Waals surface area contributed by atoms with Gasteiger partial charge in [0.05, 0.1) is 5.25 Å². The number of pyridine rings is 1. The fourth-order valence-corrected chi connectivity index (χ4v) is 4.07. The van der Waals surface area contributed by atoms with Gasteiger partial charge in [-0.05, 0) is 55.6 Å². The molecule has 1 N–H and O–H groups in total. The molecule has 1 saturated heterocycles. The summed E-state index contributed by atoms with van der Waals surface area (Å²) < 4.78 is 5.57. The van der Waals surface area contributed by atoms with Crippen LogP contribution >= 0.6 is 12.6 Å². The molecule has 1 fully saturated rings. The number of aromatic nitrogens is 3. The molecular formula is C24H29N5O2S. The molecule has 8 heteroatoms. The topological polar surface area (TPSA) is 74.3 Å². The van der Waals surface area contributed by atoms with Crippen molar-refractivity contribution in [1.29, 1.82) is 0 Å². The second-order valence-electron chi connectivity index (χ2n) is 8.07. The molecular weight excluding hydrogens is 422 g/mol. The number of aryl methyl sites for hydroxylation is 2. The number of piperazine rings is 1. The van der Waals surface area contributed by atoms with Gasteiger partial charge in [0.15, 0.2) is 0 Å². The molecule has 7 nitrogen and oxygen atoms in total. The average molecular weight is 452 g/mol. The number of imidazole rings is 1. The minimum Gasteiger partial charge on any atom is -0.410 e. The molecule has 32 heavy (non-hydrogen) atoms. The molecule has 1 unspecified atom stereocenters. The zero-order valence-electron chi connectivity index (χ0n) is 18.3. The zero-order chi connectivity index (χ0) is 22.3. The second kappa shape index (κ2) is 10.7. The highest BCUT2D eigenvalue weighted by atomic mass is 32.1. The van der Waals surface area contributed by atoms with Crippen molar-refractivity contribution in [3.8, 4) is 5.75 Å². The molecule has 0 bridgehead atoms. The van der Waals surface area contributed by atoms with E-state index in [1.807, 2.05) is 18.3 Å². The van der Waals surface area contributed by atoms with Crippen LogP contribution in [0.4, 0.5) is 4.79 Å². The Bertz CT molecular complexity index is 984. The van der Waals surface area contributed by atoms with Crippen LogP contribution in [0.25, 0.3) is 0 Å². The van der Waals surface area contributed by atoms with E-state index in [1.165, 1.54) is 5.56 Å². The molecule has 0 radical (unpaired) electrons. The summed E-state index contributed by atoms with van der Waals surface area (Å²) in [6.07, 6.45) is 7.15. The highest BCUT2D eigenvalue weighted by molar-refractivity contribution is 7.80. The first-order chi connectivity index (χ1) is 15.6. The number of hydrogen-bond acceptors (Lipinski definition) is 6. The van der Waals surface area contributed by atoms with Crippen LogP contribution in [0.15, 0.2) is 55.0 Å². The Morgan fingerprint density at radius 3 is 2.56 bits per heavy atom. The smallest absolute Gasteiger partial charge is 0.410 e. The van der Waals surface area contributed by atoms with Crippen LogP contribution in [0.5, 0.6) is 5.75 Å². The maximum atomic E-state index is 12.6. The van der Waals surface area contributed by atoms with Crippen LogP contribution in [0.2, 0.25) is 0 Å². The van der Waals surface area contributed by atoms with Gasteiger partial charge in [0, 0.05) is 50.5 Å². The highest BCUT2D eigenvalue weighted by Gasteiger charge is 2.22. The lowest BCUT2D eigenvalue weighted by atomic mass is 10.1. The SMILES string of the molecule is Cc1ccc(CCCN2CCN(C(=O)Oc3ccc(C(S)c4ncc[nH]4)cc3)CC2)nc1. The number of hydrogen-bond donors (Lipinski definition) is 2. The summed E-state index contributed by atoms with van der Waals surface area (Å²) in [5.74, 6) is 1.32. The summed E-state index contributed by atoms with van der Waals surface area (Å²) in [6, 6.07) is 11.6. The third kappa shape index (κ3) is 5.89.